The lowest BCUT2D eigenvalue weighted by atomic mass is 10.1. The average Bonchev–Trinajstić information content (AvgIpc) is 3.18. The standard InChI is InChI=1S/C17H20N4O5/c1-2-23-9-10-24-7-4-8-25-14-6-3-5-12-11-13(16-18-20-21-19-16)17(22)26-15(12)14/h3,5-6,11H,2,4,7-10H2,1H3,(H,18,19,20,21). The highest BCUT2D eigenvalue weighted by molar-refractivity contribution is 5.85. The van der Waals surface area contributed by atoms with E-state index in [0.29, 0.717) is 50.8 Å². The van der Waals surface area contributed by atoms with Gasteiger partial charge in [-0.2, -0.15) is 5.21 Å². The van der Waals surface area contributed by atoms with Crippen LogP contribution in [-0.4, -0.2) is 53.7 Å². The fourth-order valence-corrected chi connectivity index (χ4v) is 2.37. The molecule has 0 saturated heterocycles. The zero-order valence-electron chi connectivity index (χ0n) is 14.4. The second-order valence-electron chi connectivity index (χ2n) is 5.37. The van der Waals surface area contributed by atoms with Crippen LogP contribution in [0.5, 0.6) is 5.75 Å². The zero-order valence-corrected chi connectivity index (χ0v) is 14.4. The van der Waals surface area contributed by atoms with Gasteiger partial charge in [-0.15, -0.1) is 10.2 Å². The Labute approximate surface area is 149 Å². The highest BCUT2D eigenvalue weighted by Crippen LogP contribution is 2.26. The van der Waals surface area contributed by atoms with Crippen LogP contribution in [0.15, 0.2) is 33.5 Å². The number of nitrogens with zero attached hydrogens (tertiary/aromatic N) is 3. The number of benzene rings is 1. The highest BCUT2D eigenvalue weighted by atomic mass is 16.5. The van der Waals surface area contributed by atoms with Crippen molar-refractivity contribution in [2.45, 2.75) is 13.3 Å². The minimum atomic E-state index is -0.547. The quantitative estimate of drug-likeness (QED) is 0.430. The second kappa shape index (κ2) is 9.07. The number of para-hydroxylation sites is 1. The average molecular weight is 360 g/mol. The molecule has 3 aromatic rings. The van der Waals surface area contributed by atoms with Crippen molar-refractivity contribution in [2.24, 2.45) is 0 Å². The molecule has 0 bridgehead atoms. The first kappa shape index (κ1) is 18.0. The monoisotopic (exact) mass is 360 g/mol. The van der Waals surface area contributed by atoms with Crippen LogP contribution in [-0.2, 0) is 9.47 Å². The van der Waals surface area contributed by atoms with E-state index in [2.05, 4.69) is 20.6 Å². The van der Waals surface area contributed by atoms with Crippen molar-refractivity contribution in [3.63, 3.8) is 0 Å². The summed E-state index contributed by atoms with van der Waals surface area (Å²) in [4.78, 5) is 12.2. The normalized spacial score (nSPS) is 11.1. The summed E-state index contributed by atoms with van der Waals surface area (Å²) >= 11 is 0. The minimum absolute atomic E-state index is 0.191. The van der Waals surface area contributed by atoms with E-state index < -0.39 is 5.63 Å². The van der Waals surface area contributed by atoms with Crippen molar-refractivity contribution >= 4 is 11.0 Å². The number of nitrogens with one attached hydrogen (secondary N) is 1. The third-order valence-electron chi connectivity index (χ3n) is 3.58. The van der Waals surface area contributed by atoms with Crippen LogP contribution in [0.2, 0.25) is 0 Å². The van der Waals surface area contributed by atoms with Crippen molar-refractivity contribution in [1.29, 1.82) is 0 Å². The van der Waals surface area contributed by atoms with Crippen LogP contribution in [0, 0.1) is 0 Å². The van der Waals surface area contributed by atoms with Gasteiger partial charge in [0.15, 0.2) is 11.3 Å². The van der Waals surface area contributed by atoms with Crippen LogP contribution in [0.4, 0.5) is 0 Å². The summed E-state index contributed by atoms with van der Waals surface area (Å²) in [7, 11) is 0. The SMILES string of the molecule is CCOCCOCCCOc1cccc2cc(-c3nn[nH]n3)c(=O)oc12. The maximum absolute atomic E-state index is 12.2. The number of aromatic nitrogens is 4. The number of aromatic amines is 1. The fourth-order valence-electron chi connectivity index (χ4n) is 2.37. The Morgan fingerprint density at radius 3 is 2.85 bits per heavy atom. The van der Waals surface area contributed by atoms with Crippen LogP contribution >= 0.6 is 0 Å². The number of H-pyrrole nitrogens is 1. The molecule has 0 spiro atoms. The Hall–Kier alpha value is -2.78. The Kier molecular flexibility index (Phi) is 6.29. The minimum Gasteiger partial charge on any atom is -0.490 e. The largest absolute Gasteiger partial charge is 0.490 e. The molecule has 0 atom stereocenters. The summed E-state index contributed by atoms with van der Waals surface area (Å²) < 4.78 is 21.8. The summed E-state index contributed by atoms with van der Waals surface area (Å²) in [5, 5.41) is 14.1. The molecule has 3 rings (SSSR count). The van der Waals surface area contributed by atoms with E-state index in [0.717, 1.165) is 5.39 Å². The molecule has 2 heterocycles. The molecule has 0 aliphatic heterocycles. The molecule has 138 valence electrons. The molecule has 0 aliphatic carbocycles. The van der Waals surface area contributed by atoms with E-state index in [1.165, 1.54) is 0 Å². The lowest BCUT2D eigenvalue weighted by molar-refractivity contribution is 0.0482. The van der Waals surface area contributed by atoms with Crippen LogP contribution in [0.1, 0.15) is 13.3 Å². The molecule has 9 heteroatoms. The van der Waals surface area contributed by atoms with Gasteiger partial charge in [-0.1, -0.05) is 12.1 Å². The second-order valence-corrected chi connectivity index (χ2v) is 5.37. The van der Waals surface area contributed by atoms with Crippen LogP contribution in [0.25, 0.3) is 22.4 Å². The van der Waals surface area contributed by atoms with E-state index in [9.17, 15) is 4.79 Å². The molecule has 9 nitrogen and oxygen atoms in total. The Bertz CT molecular complexity index is 878. The van der Waals surface area contributed by atoms with Crippen molar-refractivity contribution in [1.82, 2.24) is 20.6 Å². The van der Waals surface area contributed by atoms with E-state index in [-0.39, 0.29) is 11.4 Å². The van der Waals surface area contributed by atoms with Gasteiger partial charge < -0.3 is 18.6 Å². The van der Waals surface area contributed by atoms with Crippen molar-refractivity contribution < 1.29 is 18.6 Å². The van der Waals surface area contributed by atoms with Gasteiger partial charge in [0, 0.05) is 25.0 Å². The molecule has 0 amide bonds. The summed E-state index contributed by atoms with van der Waals surface area (Å²) in [6.45, 7) is 4.81. The lowest BCUT2D eigenvalue weighted by Crippen LogP contribution is -2.08. The molecule has 0 fully saturated rings. The van der Waals surface area contributed by atoms with E-state index in [1.54, 1.807) is 12.1 Å². The zero-order chi connectivity index (χ0) is 18.2. The van der Waals surface area contributed by atoms with Gasteiger partial charge >= 0.3 is 5.63 Å². The van der Waals surface area contributed by atoms with Gasteiger partial charge in [0.05, 0.1) is 19.8 Å². The molecule has 0 unspecified atom stereocenters. The van der Waals surface area contributed by atoms with Gasteiger partial charge in [0.1, 0.15) is 5.56 Å². The molecular formula is C17H20N4O5. The summed E-state index contributed by atoms with van der Waals surface area (Å²) in [6, 6.07) is 7.08. The Morgan fingerprint density at radius 1 is 1.15 bits per heavy atom. The molecule has 1 N–H and O–H groups in total. The van der Waals surface area contributed by atoms with Gasteiger partial charge in [-0.25, -0.2) is 4.79 Å². The van der Waals surface area contributed by atoms with E-state index >= 15 is 0 Å². The molecule has 2 aromatic heterocycles. The van der Waals surface area contributed by atoms with Crippen molar-refractivity contribution in [3.8, 4) is 17.1 Å². The molecule has 0 radical (unpaired) electrons. The van der Waals surface area contributed by atoms with Gasteiger partial charge in [-0.3, -0.25) is 0 Å². The molecule has 0 aliphatic rings. The molecule has 26 heavy (non-hydrogen) atoms. The summed E-state index contributed by atoms with van der Waals surface area (Å²) in [5.74, 6) is 0.699. The first-order valence-corrected chi connectivity index (χ1v) is 8.38. The fraction of sp³-hybridized carbons (Fsp3) is 0.412. The Morgan fingerprint density at radius 2 is 2.04 bits per heavy atom. The van der Waals surface area contributed by atoms with Crippen molar-refractivity contribution in [3.05, 3.63) is 34.7 Å². The number of hydrogen-bond donors (Lipinski definition) is 1. The predicted molar refractivity (Wildman–Crippen MR) is 93.1 cm³/mol. The van der Waals surface area contributed by atoms with E-state index in [1.807, 2.05) is 19.1 Å². The molecule has 0 saturated carbocycles. The predicted octanol–water partition coefficient (Wildman–Crippen LogP) is 1.80. The van der Waals surface area contributed by atoms with E-state index in [4.69, 9.17) is 18.6 Å². The Balaban J connectivity index is 1.63. The van der Waals surface area contributed by atoms with Gasteiger partial charge in [0.2, 0.25) is 5.82 Å². The number of fused-ring (bicyclic) bond motifs is 1. The maximum atomic E-state index is 12.2. The lowest BCUT2D eigenvalue weighted by Gasteiger charge is -2.09. The van der Waals surface area contributed by atoms with Crippen molar-refractivity contribution in [2.75, 3.05) is 33.0 Å². The summed E-state index contributed by atoms with van der Waals surface area (Å²) in [5.41, 5.74) is 0.0855. The topological polar surface area (TPSA) is 112 Å². The maximum Gasteiger partial charge on any atom is 0.347 e. The molecular weight excluding hydrogens is 340 g/mol. The highest BCUT2D eigenvalue weighted by Gasteiger charge is 2.14. The number of ether oxygens (including phenoxy) is 3. The number of tetrazole rings is 1. The van der Waals surface area contributed by atoms with Crippen LogP contribution < -0.4 is 10.4 Å². The van der Waals surface area contributed by atoms with Gasteiger partial charge in [-0.05, 0) is 24.3 Å². The first-order valence-electron chi connectivity index (χ1n) is 8.38. The first-order chi connectivity index (χ1) is 12.8. The third kappa shape index (κ3) is 4.44. The molecule has 1 aromatic carbocycles. The smallest absolute Gasteiger partial charge is 0.347 e. The van der Waals surface area contributed by atoms with Gasteiger partial charge in [0.25, 0.3) is 0 Å². The number of rotatable bonds is 10. The number of hydrogen-bond acceptors (Lipinski definition) is 8. The van der Waals surface area contributed by atoms with Crippen LogP contribution in [0.3, 0.4) is 0 Å². The summed E-state index contributed by atoms with van der Waals surface area (Å²) in [6.07, 6.45) is 0.716. The third-order valence-corrected chi connectivity index (χ3v) is 3.58.